The monoisotopic (exact) mass is 466 g/mol. The van der Waals surface area contributed by atoms with Crippen molar-refractivity contribution in [3.63, 3.8) is 0 Å². The minimum Gasteiger partial charge on any atom is -0.467 e. The lowest BCUT2D eigenvalue weighted by Gasteiger charge is -2.15. The number of nitrogens with one attached hydrogen (secondary N) is 1. The highest BCUT2D eigenvalue weighted by atomic mass is 35.5. The highest BCUT2D eigenvalue weighted by Gasteiger charge is 2.20. The molecule has 1 amide bonds. The van der Waals surface area contributed by atoms with Crippen molar-refractivity contribution in [2.75, 3.05) is 5.32 Å². The van der Waals surface area contributed by atoms with E-state index in [0.29, 0.717) is 35.4 Å². The number of carbonyl (C=O) groups is 1. The topological polar surface area (TPSA) is 86.7 Å². The van der Waals surface area contributed by atoms with Crippen molar-refractivity contribution in [2.24, 2.45) is 0 Å². The Kier molecular flexibility index (Phi) is 7.12. The highest BCUT2D eigenvalue weighted by molar-refractivity contribution is 6.31. The molecular formula is C25H23ClN2O5. The van der Waals surface area contributed by atoms with E-state index < -0.39 is 12.2 Å². The minimum atomic E-state index is -0.627. The summed E-state index contributed by atoms with van der Waals surface area (Å²) in [5.41, 5.74) is 3.47. The van der Waals surface area contributed by atoms with Crippen LogP contribution in [-0.2, 0) is 22.7 Å². The lowest BCUT2D eigenvalue weighted by Crippen LogP contribution is -2.17. The lowest BCUT2D eigenvalue weighted by atomic mass is 10.1. The van der Waals surface area contributed by atoms with Crippen LogP contribution >= 0.6 is 11.6 Å². The standard InChI is InChI=1S/C25H23ClN2O5/c1-16-23(27-25(29)32-17(2)21-7-3-4-8-22(21)26)24(33-28-16)19-11-9-18(10-12-19)14-30-15-20-6-5-13-31-20/h3-13,17H,14-15H2,1-2H3,(H,27,29). The number of aryl methyl sites for hydroxylation is 1. The first-order valence-corrected chi connectivity index (χ1v) is 10.8. The zero-order valence-electron chi connectivity index (χ0n) is 18.2. The highest BCUT2D eigenvalue weighted by Crippen LogP contribution is 2.32. The zero-order valence-corrected chi connectivity index (χ0v) is 19.0. The van der Waals surface area contributed by atoms with Crippen LogP contribution in [0.2, 0.25) is 5.02 Å². The van der Waals surface area contributed by atoms with Gasteiger partial charge in [-0.15, -0.1) is 0 Å². The summed E-state index contributed by atoms with van der Waals surface area (Å²) in [5, 5.41) is 7.28. The van der Waals surface area contributed by atoms with E-state index in [1.54, 1.807) is 26.2 Å². The van der Waals surface area contributed by atoms with Crippen LogP contribution in [0.15, 0.2) is 75.9 Å². The van der Waals surface area contributed by atoms with E-state index in [4.69, 9.17) is 30.0 Å². The van der Waals surface area contributed by atoms with Crippen LogP contribution in [-0.4, -0.2) is 11.2 Å². The Bertz CT molecular complexity index is 1200. The molecule has 0 radical (unpaired) electrons. The summed E-state index contributed by atoms with van der Waals surface area (Å²) in [6.07, 6.45) is 0.465. The Morgan fingerprint density at radius 2 is 1.88 bits per heavy atom. The molecule has 2 heterocycles. The molecule has 0 saturated carbocycles. The Morgan fingerprint density at radius 1 is 1.09 bits per heavy atom. The van der Waals surface area contributed by atoms with Gasteiger partial charge in [0, 0.05) is 16.1 Å². The van der Waals surface area contributed by atoms with E-state index in [1.165, 1.54) is 0 Å². The molecule has 1 N–H and O–H groups in total. The summed E-state index contributed by atoms with van der Waals surface area (Å²) in [5.74, 6) is 1.22. The molecule has 0 saturated heterocycles. The van der Waals surface area contributed by atoms with Crippen LogP contribution in [0.4, 0.5) is 10.5 Å². The first-order valence-electron chi connectivity index (χ1n) is 10.4. The number of anilines is 1. The molecule has 8 heteroatoms. The van der Waals surface area contributed by atoms with Crippen LogP contribution in [0.3, 0.4) is 0 Å². The van der Waals surface area contributed by atoms with Crippen molar-refractivity contribution in [2.45, 2.75) is 33.2 Å². The van der Waals surface area contributed by atoms with Gasteiger partial charge in [0.1, 0.15) is 29.9 Å². The van der Waals surface area contributed by atoms with Gasteiger partial charge >= 0.3 is 6.09 Å². The van der Waals surface area contributed by atoms with E-state index in [-0.39, 0.29) is 0 Å². The molecule has 0 aliphatic heterocycles. The molecule has 0 aliphatic rings. The molecule has 4 rings (SSSR count). The van der Waals surface area contributed by atoms with Gasteiger partial charge in [0.15, 0.2) is 5.76 Å². The number of hydrogen-bond donors (Lipinski definition) is 1. The van der Waals surface area contributed by atoms with Gasteiger partial charge in [0.05, 0.1) is 12.9 Å². The summed E-state index contributed by atoms with van der Waals surface area (Å²) in [6.45, 7) is 4.35. The number of amides is 1. The molecule has 0 aliphatic carbocycles. The number of hydrogen-bond acceptors (Lipinski definition) is 6. The van der Waals surface area contributed by atoms with Crippen molar-refractivity contribution in [1.82, 2.24) is 5.16 Å². The molecule has 0 bridgehead atoms. The van der Waals surface area contributed by atoms with E-state index >= 15 is 0 Å². The van der Waals surface area contributed by atoms with Gasteiger partial charge < -0.3 is 18.4 Å². The van der Waals surface area contributed by atoms with Gasteiger partial charge in [-0.25, -0.2) is 4.79 Å². The van der Waals surface area contributed by atoms with Crippen LogP contribution in [0.1, 0.15) is 35.6 Å². The summed E-state index contributed by atoms with van der Waals surface area (Å²) >= 11 is 6.20. The predicted molar refractivity (Wildman–Crippen MR) is 124 cm³/mol. The predicted octanol–water partition coefficient (Wildman–Crippen LogP) is 6.92. The summed E-state index contributed by atoms with van der Waals surface area (Å²) < 4.78 is 21.9. The molecule has 2 aromatic heterocycles. The molecule has 1 unspecified atom stereocenters. The molecule has 0 spiro atoms. The van der Waals surface area contributed by atoms with Crippen molar-refractivity contribution in [3.8, 4) is 11.3 Å². The molecule has 7 nitrogen and oxygen atoms in total. The van der Waals surface area contributed by atoms with Crippen molar-refractivity contribution < 1.29 is 23.2 Å². The van der Waals surface area contributed by atoms with Gasteiger partial charge in [0.2, 0.25) is 0 Å². The number of halogens is 1. The number of carbonyl (C=O) groups excluding carboxylic acids is 1. The quantitative estimate of drug-likeness (QED) is 0.303. The maximum atomic E-state index is 12.5. The number of nitrogens with zero attached hydrogens (tertiary/aromatic N) is 1. The second-order valence-corrected chi connectivity index (χ2v) is 7.84. The molecule has 0 fully saturated rings. The number of aromatic nitrogens is 1. The lowest BCUT2D eigenvalue weighted by molar-refractivity contribution is 0.0929. The number of rotatable bonds is 8. The van der Waals surface area contributed by atoms with E-state index in [2.05, 4.69) is 10.5 Å². The van der Waals surface area contributed by atoms with Gasteiger partial charge in [-0.05, 0) is 37.6 Å². The molecular weight excluding hydrogens is 444 g/mol. The average molecular weight is 467 g/mol. The largest absolute Gasteiger partial charge is 0.467 e. The summed E-state index contributed by atoms with van der Waals surface area (Å²) in [4.78, 5) is 12.5. The second-order valence-electron chi connectivity index (χ2n) is 7.44. The zero-order chi connectivity index (χ0) is 23.2. The van der Waals surface area contributed by atoms with E-state index in [1.807, 2.05) is 54.6 Å². The van der Waals surface area contributed by atoms with Crippen LogP contribution < -0.4 is 5.32 Å². The Hall–Kier alpha value is -3.55. The fraction of sp³-hybridized carbons (Fsp3) is 0.200. The van der Waals surface area contributed by atoms with Crippen molar-refractivity contribution in [3.05, 3.63) is 94.5 Å². The van der Waals surface area contributed by atoms with Gasteiger partial charge in [0.25, 0.3) is 0 Å². The van der Waals surface area contributed by atoms with Crippen molar-refractivity contribution in [1.29, 1.82) is 0 Å². The maximum Gasteiger partial charge on any atom is 0.412 e. The second kappa shape index (κ2) is 10.4. The average Bonchev–Trinajstić information content (AvgIpc) is 3.45. The number of furan rings is 1. The number of ether oxygens (including phenoxy) is 2. The fourth-order valence-corrected chi connectivity index (χ4v) is 3.58. The number of benzene rings is 2. The first kappa shape index (κ1) is 22.6. The third-order valence-corrected chi connectivity index (χ3v) is 5.37. The van der Waals surface area contributed by atoms with Gasteiger partial charge in [-0.2, -0.15) is 0 Å². The van der Waals surface area contributed by atoms with Crippen LogP contribution in [0, 0.1) is 6.92 Å². The third kappa shape index (κ3) is 5.63. The van der Waals surface area contributed by atoms with E-state index in [9.17, 15) is 4.79 Å². The normalized spacial score (nSPS) is 11.8. The van der Waals surface area contributed by atoms with Gasteiger partial charge in [-0.1, -0.05) is 59.2 Å². The van der Waals surface area contributed by atoms with Gasteiger partial charge in [-0.3, -0.25) is 5.32 Å². The Morgan fingerprint density at radius 3 is 2.61 bits per heavy atom. The Labute approximate surface area is 196 Å². The molecule has 4 aromatic rings. The smallest absolute Gasteiger partial charge is 0.412 e. The molecule has 33 heavy (non-hydrogen) atoms. The SMILES string of the molecule is Cc1noc(-c2ccc(COCc3ccco3)cc2)c1NC(=O)OC(C)c1ccccc1Cl. The minimum absolute atomic E-state index is 0.402. The molecule has 2 aromatic carbocycles. The summed E-state index contributed by atoms with van der Waals surface area (Å²) in [6, 6.07) is 18.5. The molecule has 1 atom stereocenters. The Balaban J connectivity index is 1.39. The van der Waals surface area contributed by atoms with Crippen molar-refractivity contribution >= 4 is 23.4 Å². The van der Waals surface area contributed by atoms with Crippen LogP contribution in [0.5, 0.6) is 0 Å². The molecule has 170 valence electrons. The first-order chi connectivity index (χ1) is 16.0. The third-order valence-electron chi connectivity index (χ3n) is 5.03. The fourth-order valence-electron chi connectivity index (χ4n) is 3.29. The summed E-state index contributed by atoms with van der Waals surface area (Å²) in [7, 11) is 0. The van der Waals surface area contributed by atoms with E-state index in [0.717, 1.165) is 22.5 Å². The van der Waals surface area contributed by atoms with Crippen LogP contribution in [0.25, 0.3) is 11.3 Å². The maximum absolute atomic E-state index is 12.5.